The number of benzene rings is 1. The van der Waals surface area contributed by atoms with Crippen LogP contribution in [0.1, 0.15) is 69.7 Å². The highest BCUT2D eigenvalue weighted by molar-refractivity contribution is 5.95. The molecule has 6 nitrogen and oxygen atoms in total. The maximum absolute atomic E-state index is 13.1. The lowest BCUT2D eigenvalue weighted by Crippen LogP contribution is -2.67. The summed E-state index contributed by atoms with van der Waals surface area (Å²) in [5.74, 6) is -0.332. The number of aliphatic hydroxyl groups is 2. The molecule has 33 heavy (non-hydrogen) atoms. The molecule has 0 radical (unpaired) electrons. The van der Waals surface area contributed by atoms with Gasteiger partial charge in [0.2, 0.25) is 0 Å². The van der Waals surface area contributed by atoms with Gasteiger partial charge in [0, 0.05) is 25.1 Å². The summed E-state index contributed by atoms with van der Waals surface area (Å²) in [7, 11) is 1.72. The van der Waals surface area contributed by atoms with E-state index in [-0.39, 0.29) is 53.2 Å². The minimum absolute atomic E-state index is 0.0451. The molecule has 1 aromatic rings. The van der Waals surface area contributed by atoms with Crippen molar-refractivity contribution in [2.24, 2.45) is 35.0 Å². The second-order valence-electron chi connectivity index (χ2n) is 11.6. The number of hydrogen-bond acceptors (Lipinski definition) is 6. The zero-order valence-electron chi connectivity index (χ0n) is 20.3. The average molecular weight is 458 g/mol. The number of esters is 1. The summed E-state index contributed by atoms with van der Waals surface area (Å²) in [5, 5.41) is 24.5. The third-order valence-corrected chi connectivity index (χ3v) is 10.5. The quantitative estimate of drug-likeness (QED) is 0.471. The molecule has 2 bridgehead atoms. The van der Waals surface area contributed by atoms with Gasteiger partial charge in [-0.05, 0) is 73.3 Å². The molecule has 0 spiro atoms. The molecule has 2 unspecified atom stereocenters. The maximum Gasteiger partial charge on any atom is 0.340 e. The van der Waals surface area contributed by atoms with Crippen molar-refractivity contribution in [3.05, 3.63) is 29.8 Å². The number of nitrogens with two attached hydrogens (primary N) is 1. The van der Waals surface area contributed by atoms with E-state index in [2.05, 4.69) is 20.8 Å². The fourth-order valence-corrected chi connectivity index (χ4v) is 8.67. The summed E-state index contributed by atoms with van der Waals surface area (Å²) < 4.78 is 12.0. The number of ether oxygens (including phenoxy) is 2. The van der Waals surface area contributed by atoms with Gasteiger partial charge >= 0.3 is 5.97 Å². The summed E-state index contributed by atoms with van der Waals surface area (Å²) >= 11 is 0. The lowest BCUT2D eigenvalue weighted by atomic mass is 9.55. The molecule has 0 saturated heterocycles. The van der Waals surface area contributed by atoms with E-state index in [0.717, 1.165) is 25.7 Å². The van der Waals surface area contributed by atoms with Crippen molar-refractivity contribution < 1.29 is 24.5 Å². The van der Waals surface area contributed by atoms with E-state index >= 15 is 0 Å². The normalized spacial score (nSPS) is 48.6. The van der Waals surface area contributed by atoms with E-state index in [1.807, 2.05) is 6.07 Å². The average Bonchev–Trinajstić information content (AvgIpc) is 2.97. The lowest BCUT2D eigenvalue weighted by Gasteiger charge is -2.56. The van der Waals surface area contributed by atoms with E-state index < -0.39 is 11.2 Å². The predicted octanol–water partition coefficient (Wildman–Crippen LogP) is 3.79. The minimum Gasteiger partial charge on any atom is -0.458 e. The Labute approximate surface area is 196 Å². The fraction of sp³-hybridized carbons (Fsp3) is 0.741. The van der Waals surface area contributed by atoms with E-state index in [4.69, 9.17) is 15.2 Å². The Bertz CT molecular complexity index is 937. The predicted molar refractivity (Wildman–Crippen MR) is 125 cm³/mol. The molecule has 0 amide bonds. The van der Waals surface area contributed by atoms with Gasteiger partial charge in [-0.2, -0.15) is 0 Å². The number of fused-ring (bicyclic) bond motifs is 3. The first kappa shape index (κ1) is 23.1. The van der Waals surface area contributed by atoms with Gasteiger partial charge in [0.15, 0.2) is 0 Å². The number of hydrogen-bond donors (Lipinski definition) is 3. The zero-order chi connectivity index (χ0) is 23.8. The van der Waals surface area contributed by atoms with Crippen LogP contribution in [0.5, 0.6) is 0 Å². The zero-order valence-corrected chi connectivity index (χ0v) is 20.3. The van der Waals surface area contributed by atoms with Gasteiger partial charge < -0.3 is 25.4 Å². The number of rotatable bonds is 3. The molecular weight excluding hydrogens is 418 g/mol. The van der Waals surface area contributed by atoms with Crippen LogP contribution in [-0.2, 0) is 9.47 Å². The molecular formula is C27H39NO5. The van der Waals surface area contributed by atoms with Gasteiger partial charge in [-0.25, -0.2) is 4.79 Å². The first-order valence-electron chi connectivity index (χ1n) is 12.6. The third-order valence-electron chi connectivity index (χ3n) is 10.5. The smallest absolute Gasteiger partial charge is 0.340 e. The fourth-order valence-electron chi connectivity index (χ4n) is 8.67. The Morgan fingerprint density at radius 2 is 1.88 bits per heavy atom. The molecule has 4 saturated carbocycles. The monoisotopic (exact) mass is 457 g/mol. The Balaban J connectivity index is 1.53. The third kappa shape index (κ3) is 2.99. The van der Waals surface area contributed by atoms with Gasteiger partial charge in [0.05, 0.1) is 22.9 Å². The number of nitrogen functional groups attached to an aromatic ring is 1. The van der Waals surface area contributed by atoms with Crippen molar-refractivity contribution in [2.75, 3.05) is 12.8 Å². The van der Waals surface area contributed by atoms with Crippen molar-refractivity contribution in [1.82, 2.24) is 0 Å². The van der Waals surface area contributed by atoms with Gasteiger partial charge in [0.1, 0.15) is 6.10 Å². The topological polar surface area (TPSA) is 102 Å². The number of para-hydroxylation sites is 1. The molecule has 0 aromatic heterocycles. The van der Waals surface area contributed by atoms with E-state index in [9.17, 15) is 15.0 Å². The van der Waals surface area contributed by atoms with Crippen LogP contribution in [0, 0.1) is 35.0 Å². The highest BCUT2D eigenvalue weighted by Gasteiger charge is 2.75. The number of anilines is 1. The van der Waals surface area contributed by atoms with E-state index in [1.165, 1.54) is 0 Å². The van der Waals surface area contributed by atoms with Crippen molar-refractivity contribution in [3.8, 4) is 0 Å². The molecule has 5 rings (SSSR count). The van der Waals surface area contributed by atoms with Crippen molar-refractivity contribution in [1.29, 1.82) is 0 Å². The first-order valence-corrected chi connectivity index (χ1v) is 12.6. The summed E-state index contributed by atoms with van der Waals surface area (Å²) in [4.78, 5) is 13.1. The highest BCUT2D eigenvalue weighted by atomic mass is 16.5. The number of carbonyl (C=O) groups excluding carboxylic acids is 1. The van der Waals surface area contributed by atoms with Crippen LogP contribution < -0.4 is 5.73 Å². The lowest BCUT2D eigenvalue weighted by molar-refractivity contribution is -0.253. The molecule has 4 fully saturated rings. The van der Waals surface area contributed by atoms with Crippen LogP contribution in [0.25, 0.3) is 0 Å². The van der Waals surface area contributed by atoms with Crippen molar-refractivity contribution >= 4 is 11.7 Å². The molecule has 0 aliphatic heterocycles. The van der Waals surface area contributed by atoms with Gasteiger partial charge in [-0.3, -0.25) is 0 Å². The van der Waals surface area contributed by atoms with Gasteiger partial charge in [-0.1, -0.05) is 32.9 Å². The van der Waals surface area contributed by atoms with Gasteiger partial charge in [-0.15, -0.1) is 0 Å². The van der Waals surface area contributed by atoms with Crippen LogP contribution in [0.2, 0.25) is 0 Å². The first-order chi connectivity index (χ1) is 15.6. The van der Waals surface area contributed by atoms with Crippen molar-refractivity contribution in [3.63, 3.8) is 0 Å². The van der Waals surface area contributed by atoms with Crippen LogP contribution in [0.15, 0.2) is 24.3 Å². The van der Waals surface area contributed by atoms with E-state index in [0.29, 0.717) is 24.1 Å². The Kier molecular flexibility index (Phi) is 5.39. The molecule has 1 aromatic carbocycles. The molecule has 4 aliphatic rings. The van der Waals surface area contributed by atoms with Crippen LogP contribution >= 0.6 is 0 Å². The Hall–Kier alpha value is -1.63. The highest BCUT2D eigenvalue weighted by Crippen LogP contribution is 2.70. The van der Waals surface area contributed by atoms with E-state index in [1.54, 1.807) is 25.3 Å². The molecule has 0 heterocycles. The largest absolute Gasteiger partial charge is 0.458 e. The molecule has 4 aliphatic carbocycles. The van der Waals surface area contributed by atoms with Crippen LogP contribution in [-0.4, -0.2) is 46.7 Å². The second-order valence-corrected chi connectivity index (χ2v) is 11.6. The maximum atomic E-state index is 13.1. The van der Waals surface area contributed by atoms with Crippen LogP contribution in [0.4, 0.5) is 5.69 Å². The molecule has 6 heteroatoms. The summed E-state index contributed by atoms with van der Waals surface area (Å²) in [6.45, 7) is 6.42. The van der Waals surface area contributed by atoms with Crippen molar-refractivity contribution in [2.45, 2.75) is 82.7 Å². The molecule has 10 atom stereocenters. The summed E-state index contributed by atoms with van der Waals surface area (Å²) in [6, 6.07) is 7.03. The summed E-state index contributed by atoms with van der Waals surface area (Å²) in [5.41, 5.74) is 4.25. The molecule has 4 N–H and O–H groups in total. The standard InChI is InChI=1S/C27H39NO5/c1-15-12-19-21(33-24(29)17-8-5-6-9-20(17)28)10-7-11-25(19,3)23-13-18-16(2)27(23,31)26(15,30)14-22(18)32-4/h5-6,8-9,15-16,18-19,21-23,30-31H,7,10-14,28H2,1-4H3/t15-,16+,18+,19?,21+,22+,23?,25-,26+,27-/m1/s1. The summed E-state index contributed by atoms with van der Waals surface area (Å²) in [6.07, 6.45) is 4.41. The van der Waals surface area contributed by atoms with Gasteiger partial charge in [0.25, 0.3) is 0 Å². The van der Waals surface area contributed by atoms with Crippen LogP contribution in [0.3, 0.4) is 0 Å². The number of carbonyl (C=O) groups is 1. The molecule has 182 valence electrons. The Morgan fingerprint density at radius 3 is 2.58 bits per heavy atom. The minimum atomic E-state index is -1.22. The second kappa shape index (κ2) is 7.69. The number of methoxy groups -OCH3 is 1. The Morgan fingerprint density at radius 1 is 1.15 bits per heavy atom. The SMILES string of the molecule is CO[C@H]1C[C@]2(O)[C@H](C)CC3[C@@H](OC(=O)c4ccccc4N)CCC[C@@]3(C)C3C[C@H]1[C@H](C)[C@@]32O.